The van der Waals surface area contributed by atoms with E-state index in [1.54, 1.807) is 30.1 Å². The molecule has 1 heterocycles. The molecular weight excluding hydrogens is 264 g/mol. The molecule has 0 aliphatic carbocycles. The molecule has 4 nitrogen and oxygen atoms in total. The minimum absolute atomic E-state index is 0.0427. The maximum atomic E-state index is 12.4. The topological polar surface area (TPSA) is 39.1 Å². The SMILES string of the molecule is COCCn1cc(NCc2ccc(C(F)F)cc2)cn1. The van der Waals surface area contributed by atoms with Gasteiger partial charge in [0, 0.05) is 25.4 Å². The Balaban J connectivity index is 1.86. The lowest BCUT2D eigenvalue weighted by atomic mass is 10.1. The Labute approximate surface area is 116 Å². The van der Waals surface area contributed by atoms with E-state index in [-0.39, 0.29) is 5.56 Å². The molecule has 0 amide bonds. The molecule has 0 saturated carbocycles. The minimum Gasteiger partial charge on any atom is -0.383 e. The number of benzene rings is 1. The molecule has 0 fully saturated rings. The van der Waals surface area contributed by atoms with Crippen molar-refractivity contribution < 1.29 is 13.5 Å². The highest BCUT2D eigenvalue weighted by molar-refractivity contribution is 5.39. The molecule has 2 aromatic rings. The molecule has 0 unspecified atom stereocenters. The highest BCUT2D eigenvalue weighted by Gasteiger charge is 2.05. The maximum absolute atomic E-state index is 12.4. The van der Waals surface area contributed by atoms with Gasteiger partial charge >= 0.3 is 0 Å². The highest BCUT2D eigenvalue weighted by atomic mass is 19.3. The van der Waals surface area contributed by atoms with Gasteiger partial charge in [0.15, 0.2) is 0 Å². The van der Waals surface area contributed by atoms with E-state index in [0.29, 0.717) is 19.7 Å². The van der Waals surface area contributed by atoms with Crippen LogP contribution in [0.1, 0.15) is 17.6 Å². The summed E-state index contributed by atoms with van der Waals surface area (Å²) in [7, 11) is 1.64. The van der Waals surface area contributed by atoms with Gasteiger partial charge in [-0.25, -0.2) is 8.78 Å². The summed E-state index contributed by atoms with van der Waals surface area (Å²) in [6.07, 6.45) is 1.19. The van der Waals surface area contributed by atoms with Crippen LogP contribution in [0.3, 0.4) is 0 Å². The van der Waals surface area contributed by atoms with E-state index in [4.69, 9.17) is 4.74 Å². The van der Waals surface area contributed by atoms with Gasteiger partial charge in [-0.3, -0.25) is 4.68 Å². The van der Waals surface area contributed by atoms with Crippen LogP contribution in [0.15, 0.2) is 36.7 Å². The van der Waals surface area contributed by atoms with Gasteiger partial charge in [0.2, 0.25) is 0 Å². The molecule has 1 N–H and O–H groups in total. The van der Waals surface area contributed by atoms with Gasteiger partial charge in [0.25, 0.3) is 6.43 Å². The Morgan fingerprint density at radius 1 is 1.30 bits per heavy atom. The van der Waals surface area contributed by atoms with Gasteiger partial charge in [-0.2, -0.15) is 5.10 Å². The van der Waals surface area contributed by atoms with Crippen molar-refractivity contribution >= 4 is 5.69 Å². The monoisotopic (exact) mass is 281 g/mol. The normalized spacial score (nSPS) is 11.0. The van der Waals surface area contributed by atoms with Crippen molar-refractivity contribution in [3.05, 3.63) is 47.8 Å². The van der Waals surface area contributed by atoms with Crippen LogP contribution >= 0.6 is 0 Å². The number of alkyl halides is 2. The van der Waals surface area contributed by atoms with Crippen LogP contribution in [0.5, 0.6) is 0 Å². The van der Waals surface area contributed by atoms with Crippen molar-refractivity contribution in [2.75, 3.05) is 19.0 Å². The van der Waals surface area contributed by atoms with E-state index in [1.807, 2.05) is 6.20 Å². The lowest BCUT2D eigenvalue weighted by Crippen LogP contribution is -2.04. The smallest absolute Gasteiger partial charge is 0.263 e. The van der Waals surface area contributed by atoms with Gasteiger partial charge in [-0.05, 0) is 5.56 Å². The van der Waals surface area contributed by atoms with Crippen LogP contribution in [0, 0.1) is 0 Å². The van der Waals surface area contributed by atoms with E-state index in [9.17, 15) is 8.78 Å². The summed E-state index contributed by atoms with van der Waals surface area (Å²) in [4.78, 5) is 0. The molecule has 0 spiro atoms. The quantitative estimate of drug-likeness (QED) is 0.847. The Hall–Kier alpha value is -1.95. The number of anilines is 1. The molecule has 108 valence electrons. The molecular formula is C14H17F2N3O. The average molecular weight is 281 g/mol. The third kappa shape index (κ3) is 4.03. The molecule has 0 aliphatic heterocycles. The Morgan fingerprint density at radius 3 is 2.70 bits per heavy atom. The van der Waals surface area contributed by atoms with Gasteiger partial charge in [-0.15, -0.1) is 0 Å². The number of hydrogen-bond donors (Lipinski definition) is 1. The van der Waals surface area contributed by atoms with E-state index >= 15 is 0 Å². The van der Waals surface area contributed by atoms with E-state index < -0.39 is 6.43 Å². The summed E-state index contributed by atoms with van der Waals surface area (Å²) in [6.45, 7) is 1.87. The number of nitrogens with one attached hydrogen (secondary N) is 1. The molecule has 0 atom stereocenters. The van der Waals surface area contributed by atoms with Crippen molar-refractivity contribution in [2.45, 2.75) is 19.5 Å². The second-order valence-corrected chi connectivity index (χ2v) is 4.38. The summed E-state index contributed by atoms with van der Waals surface area (Å²) >= 11 is 0. The fourth-order valence-electron chi connectivity index (χ4n) is 1.75. The van der Waals surface area contributed by atoms with E-state index in [1.165, 1.54) is 12.1 Å². The third-order valence-corrected chi connectivity index (χ3v) is 2.89. The Kier molecular flexibility index (Phi) is 5.06. The summed E-state index contributed by atoms with van der Waals surface area (Å²) in [5, 5.41) is 7.37. The molecule has 6 heteroatoms. The zero-order valence-electron chi connectivity index (χ0n) is 11.2. The van der Waals surface area contributed by atoms with Crippen LogP contribution in [0.4, 0.5) is 14.5 Å². The molecule has 0 bridgehead atoms. The standard InChI is InChI=1S/C14H17F2N3O/c1-20-7-6-19-10-13(9-18-19)17-8-11-2-4-12(5-3-11)14(15)16/h2-5,9-10,14,17H,6-8H2,1H3. The second kappa shape index (κ2) is 7.00. The van der Waals surface area contributed by atoms with Crippen LogP contribution < -0.4 is 5.32 Å². The first-order valence-electron chi connectivity index (χ1n) is 6.31. The van der Waals surface area contributed by atoms with E-state index in [2.05, 4.69) is 10.4 Å². The summed E-state index contributed by atoms with van der Waals surface area (Å²) in [5.74, 6) is 0. The first-order chi connectivity index (χ1) is 9.69. The number of methoxy groups -OCH3 is 1. The predicted molar refractivity (Wildman–Crippen MR) is 72.8 cm³/mol. The highest BCUT2D eigenvalue weighted by Crippen LogP contribution is 2.19. The van der Waals surface area contributed by atoms with Crippen LogP contribution in [-0.4, -0.2) is 23.5 Å². The van der Waals surface area contributed by atoms with Crippen molar-refractivity contribution in [1.29, 1.82) is 0 Å². The molecule has 0 radical (unpaired) electrons. The van der Waals surface area contributed by atoms with Crippen molar-refractivity contribution in [3.8, 4) is 0 Å². The number of ether oxygens (including phenoxy) is 1. The second-order valence-electron chi connectivity index (χ2n) is 4.38. The van der Waals surface area contributed by atoms with Crippen LogP contribution in [0.2, 0.25) is 0 Å². The fraction of sp³-hybridized carbons (Fsp3) is 0.357. The molecule has 1 aromatic heterocycles. The van der Waals surface area contributed by atoms with Gasteiger partial charge in [0.1, 0.15) is 0 Å². The van der Waals surface area contributed by atoms with Gasteiger partial charge in [0.05, 0.1) is 25.0 Å². The Morgan fingerprint density at radius 2 is 2.05 bits per heavy atom. The lowest BCUT2D eigenvalue weighted by molar-refractivity contribution is 0.151. The third-order valence-electron chi connectivity index (χ3n) is 2.89. The van der Waals surface area contributed by atoms with Crippen molar-refractivity contribution in [2.24, 2.45) is 0 Å². The van der Waals surface area contributed by atoms with Gasteiger partial charge in [-0.1, -0.05) is 24.3 Å². The number of rotatable bonds is 7. The predicted octanol–water partition coefficient (Wildman–Crippen LogP) is 3.08. The van der Waals surface area contributed by atoms with Crippen molar-refractivity contribution in [3.63, 3.8) is 0 Å². The maximum Gasteiger partial charge on any atom is 0.263 e. The average Bonchev–Trinajstić information content (AvgIpc) is 2.91. The minimum atomic E-state index is -2.42. The molecule has 0 saturated heterocycles. The first kappa shape index (κ1) is 14.5. The lowest BCUT2D eigenvalue weighted by Gasteiger charge is -2.05. The summed E-state index contributed by atoms with van der Waals surface area (Å²) in [6, 6.07) is 6.29. The summed E-state index contributed by atoms with van der Waals surface area (Å²) < 4.78 is 31.6. The fourth-order valence-corrected chi connectivity index (χ4v) is 1.75. The largest absolute Gasteiger partial charge is 0.383 e. The van der Waals surface area contributed by atoms with Gasteiger partial charge < -0.3 is 10.1 Å². The number of aromatic nitrogens is 2. The van der Waals surface area contributed by atoms with E-state index in [0.717, 1.165) is 11.3 Å². The van der Waals surface area contributed by atoms with Crippen LogP contribution in [-0.2, 0) is 17.8 Å². The van der Waals surface area contributed by atoms with Crippen molar-refractivity contribution in [1.82, 2.24) is 9.78 Å². The zero-order valence-corrected chi connectivity index (χ0v) is 11.2. The zero-order chi connectivity index (χ0) is 14.4. The number of hydrogen-bond acceptors (Lipinski definition) is 3. The molecule has 20 heavy (non-hydrogen) atoms. The first-order valence-corrected chi connectivity index (χ1v) is 6.31. The van der Waals surface area contributed by atoms with Crippen LogP contribution in [0.25, 0.3) is 0 Å². The molecule has 1 aromatic carbocycles. The molecule has 2 rings (SSSR count). The molecule has 0 aliphatic rings. The number of nitrogens with zero attached hydrogens (tertiary/aromatic N) is 2. The Bertz CT molecular complexity index is 525. The summed E-state index contributed by atoms with van der Waals surface area (Å²) in [5.41, 5.74) is 1.87. The number of halogens is 2.